The van der Waals surface area contributed by atoms with Gasteiger partial charge in [-0.05, 0) is 24.0 Å². The first-order valence-electron chi connectivity index (χ1n) is 6.92. The van der Waals surface area contributed by atoms with Crippen molar-refractivity contribution in [2.24, 2.45) is 11.8 Å². The monoisotopic (exact) mass is 275 g/mol. The highest BCUT2D eigenvalue weighted by Gasteiger charge is 2.30. The van der Waals surface area contributed by atoms with E-state index in [1.807, 2.05) is 12.1 Å². The maximum Gasteiger partial charge on any atom is 0.310 e. The van der Waals surface area contributed by atoms with E-state index in [-0.39, 0.29) is 23.7 Å². The molecule has 0 bridgehead atoms. The van der Waals surface area contributed by atoms with Crippen molar-refractivity contribution in [3.63, 3.8) is 0 Å². The summed E-state index contributed by atoms with van der Waals surface area (Å²) in [6.45, 7) is 2.18. The Kier molecular flexibility index (Phi) is 4.42. The van der Waals surface area contributed by atoms with E-state index in [9.17, 15) is 9.59 Å². The fourth-order valence-corrected chi connectivity index (χ4v) is 2.82. The molecule has 1 amide bonds. The van der Waals surface area contributed by atoms with Crippen LogP contribution < -0.4 is 0 Å². The Morgan fingerprint density at radius 2 is 1.85 bits per heavy atom. The number of carbonyl (C=O) groups excluding carboxylic acids is 2. The average Bonchev–Trinajstić information content (AvgIpc) is 2.89. The zero-order valence-corrected chi connectivity index (χ0v) is 12.3. The van der Waals surface area contributed by atoms with Crippen molar-refractivity contribution < 1.29 is 14.3 Å². The molecule has 0 saturated carbocycles. The van der Waals surface area contributed by atoms with E-state index >= 15 is 0 Å². The van der Waals surface area contributed by atoms with Crippen molar-refractivity contribution in [2.75, 3.05) is 20.7 Å². The van der Waals surface area contributed by atoms with Crippen LogP contribution in [0.15, 0.2) is 24.3 Å². The van der Waals surface area contributed by atoms with E-state index in [4.69, 9.17) is 4.74 Å². The fraction of sp³-hybridized carbons (Fsp3) is 0.500. The minimum atomic E-state index is -0.294. The van der Waals surface area contributed by atoms with Crippen LogP contribution in [0.3, 0.4) is 0 Å². The molecule has 1 unspecified atom stereocenters. The molecule has 1 aromatic carbocycles. The minimum absolute atomic E-state index is 0.00208. The number of benzene rings is 1. The predicted molar refractivity (Wildman–Crippen MR) is 76.2 cm³/mol. The molecule has 4 nitrogen and oxygen atoms in total. The van der Waals surface area contributed by atoms with Gasteiger partial charge in [-0.3, -0.25) is 9.59 Å². The summed E-state index contributed by atoms with van der Waals surface area (Å²) in [6, 6.07) is 8.18. The van der Waals surface area contributed by atoms with Gasteiger partial charge in [0.1, 0.15) is 0 Å². The Hall–Kier alpha value is -1.84. The highest BCUT2D eigenvalue weighted by atomic mass is 16.5. The third-order valence-corrected chi connectivity index (χ3v) is 3.93. The minimum Gasteiger partial charge on any atom is -0.469 e. The van der Waals surface area contributed by atoms with Gasteiger partial charge in [0.15, 0.2) is 0 Å². The van der Waals surface area contributed by atoms with Crippen LogP contribution in [-0.4, -0.2) is 37.5 Å². The third-order valence-electron chi connectivity index (χ3n) is 3.93. The van der Waals surface area contributed by atoms with Gasteiger partial charge in [0.05, 0.1) is 13.0 Å². The van der Waals surface area contributed by atoms with Gasteiger partial charge in [0, 0.05) is 19.5 Å². The predicted octanol–water partition coefficient (Wildman–Crippen LogP) is 1.67. The lowest BCUT2D eigenvalue weighted by Crippen LogP contribution is -2.38. The van der Waals surface area contributed by atoms with E-state index in [2.05, 4.69) is 12.1 Å². The second-order valence-electron chi connectivity index (χ2n) is 5.52. The molecule has 0 aliphatic heterocycles. The number of esters is 1. The Bertz CT molecular complexity index is 487. The summed E-state index contributed by atoms with van der Waals surface area (Å²) < 4.78 is 4.69. The summed E-state index contributed by atoms with van der Waals surface area (Å²) in [4.78, 5) is 25.5. The number of fused-ring (bicyclic) bond motifs is 1. The molecule has 20 heavy (non-hydrogen) atoms. The molecule has 0 saturated heterocycles. The van der Waals surface area contributed by atoms with E-state index in [0.29, 0.717) is 6.54 Å². The summed E-state index contributed by atoms with van der Waals surface area (Å²) in [6.07, 6.45) is 1.60. The number of amides is 1. The lowest BCUT2D eigenvalue weighted by molar-refractivity contribution is -0.146. The van der Waals surface area contributed by atoms with Gasteiger partial charge in [-0.2, -0.15) is 0 Å². The van der Waals surface area contributed by atoms with Crippen LogP contribution in [-0.2, 0) is 27.2 Å². The molecule has 0 heterocycles. The normalized spacial score (nSPS) is 15.6. The first kappa shape index (κ1) is 14.6. The topological polar surface area (TPSA) is 46.6 Å². The van der Waals surface area contributed by atoms with Crippen LogP contribution >= 0.6 is 0 Å². The van der Waals surface area contributed by atoms with Crippen LogP contribution in [0.1, 0.15) is 18.1 Å². The molecule has 1 aliphatic carbocycles. The Labute approximate surface area is 119 Å². The number of hydrogen-bond donors (Lipinski definition) is 0. The maximum absolute atomic E-state index is 12.4. The molecule has 1 aliphatic rings. The van der Waals surface area contributed by atoms with Crippen molar-refractivity contribution in [1.29, 1.82) is 0 Å². The highest BCUT2D eigenvalue weighted by molar-refractivity contribution is 5.81. The second-order valence-corrected chi connectivity index (χ2v) is 5.52. The molecule has 0 aromatic heterocycles. The SMILES string of the molecule is COC(=O)C(C)CN(C)C(=O)C1Cc2ccccc2C1. The fourth-order valence-electron chi connectivity index (χ4n) is 2.82. The molecule has 1 aromatic rings. The lowest BCUT2D eigenvalue weighted by Gasteiger charge is -2.23. The molecule has 0 fully saturated rings. The Balaban J connectivity index is 1.94. The number of methoxy groups -OCH3 is 1. The molecule has 2 rings (SSSR count). The number of hydrogen-bond acceptors (Lipinski definition) is 3. The molecular formula is C16H21NO3. The van der Waals surface area contributed by atoms with Gasteiger partial charge < -0.3 is 9.64 Å². The van der Waals surface area contributed by atoms with Crippen LogP contribution in [0.2, 0.25) is 0 Å². The van der Waals surface area contributed by atoms with Gasteiger partial charge in [-0.15, -0.1) is 0 Å². The highest BCUT2D eigenvalue weighted by Crippen LogP contribution is 2.27. The smallest absolute Gasteiger partial charge is 0.310 e. The molecular weight excluding hydrogens is 254 g/mol. The van der Waals surface area contributed by atoms with Crippen molar-refractivity contribution >= 4 is 11.9 Å². The van der Waals surface area contributed by atoms with E-state index < -0.39 is 0 Å². The van der Waals surface area contributed by atoms with Crippen LogP contribution in [0.5, 0.6) is 0 Å². The molecule has 108 valence electrons. The molecule has 0 spiro atoms. The quantitative estimate of drug-likeness (QED) is 0.785. The largest absolute Gasteiger partial charge is 0.469 e. The van der Waals surface area contributed by atoms with E-state index in [0.717, 1.165) is 12.8 Å². The van der Waals surface area contributed by atoms with Crippen LogP contribution in [0, 0.1) is 11.8 Å². The summed E-state index contributed by atoms with van der Waals surface area (Å²) >= 11 is 0. The van der Waals surface area contributed by atoms with Crippen molar-refractivity contribution in [1.82, 2.24) is 4.90 Å². The van der Waals surface area contributed by atoms with Gasteiger partial charge in [0.25, 0.3) is 0 Å². The molecule has 0 radical (unpaired) electrons. The summed E-state index contributed by atoms with van der Waals surface area (Å²) in [5.41, 5.74) is 2.53. The van der Waals surface area contributed by atoms with Gasteiger partial charge >= 0.3 is 5.97 Å². The number of carbonyl (C=O) groups is 2. The molecule has 0 N–H and O–H groups in total. The van der Waals surface area contributed by atoms with Crippen molar-refractivity contribution in [2.45, 2.75) is 19.8 Å². The lowest BCUT2D eigenvalue weighted by atomic mass is 10.0. The number of nitrogens with zero attached hydrogens (tertiary/aromatic N) is 1. The molecule has 1 atom stereocenters. The van der Waals surface area contributed by atoms with Gasteiger partial charge in [0.2, 0.25) is 5.91 Å². The number of ether oxygens (including phenoxy) is 1. The Morgan fingerprint density at radius 3 is 2.35 bits per heavy atom. The average molecular weight is 275 g/mol. The first-order valence-corrected chi connectivity index (χ1v) is 6.92. The van der Waals surface area contributed by atoms with Crippen LogP contribution in [0.25, 0.3) is 0 Å². The zero-order valence-electron chi connectivity index (χ0n) is 12.3. The summed E-state index contributed by atoms with van der Waals surface area (Å²) in [5, 5.41) is 0. The van der Waals surface area contributed by atoms with Crippen LogP contribution in [0.4, 0.5) is 0 Å². The zero-order chi connectivity index (χ0) is 14.7. The third kappa shape index (κ3) is 3.00. The Morgan fingerprint density at radius 1 is 1.30 bits per heavy atom. The van der Waals surface area contributed by atoms with Crippen molar-refractivity contribution in [3.8, 4) is 0 Å². The van der Waals surface area contributed by atoms with Gasteiger partial charge in [-0.25, -0.2) is 0 Å². The standard InChI is InChI=1S/C16H21NO3/c1-11(16(19)20-3)10-17(2)15(18)14-8-12-6-4-5-7-13(12)9-14/h4-7,11,14H,8-10H2,1-3H3. The van der Waals surface area contributed by atoms with E-state index in [1.54, 1.807) is 18.9 Å². The van der Waals surface area contributed by atoms with Gasteiger partial charge in [-0.1, -0.05) is 31.2 Å². The van der Waals surface area contributed by atoms with Crippen molar-refractivity contribution in [3.05, 3.63) is 35.4 Å². The first-order chi connectivity index (χ1) is 9.52. The number of rotatable bonds is 4. The molecule has 4 heteroatoms. The summed E-state index contributed by atoms with van der Waals surface area (Å²) in [5.74, 6) is -0.462. The van der Waals surface area contributed by atoms with E-state index in [1.165, 1.54) is 18.2 Å². The second kappa shape index (κ2) is 6.07. The maximum atomic E-state index is 12.4. The summed E-state index contributed by atoms with van der Waals surface area (Å²) in [7, 11) is 3.12.